The molecule has 1 N–H and O–H groups in total. The first-order chi connectivity index (χ1) is 13.9. The summed E-state index contributed by atoms with van der Waals surface area (Å²) in [7, 11) is 2.61. The van der Waals surface area contributed by atoms with Gasteiger partial charge in [0.25, 0.3) is 11.4 Å². The number of alkyl halides is 8. The molecule has 2 atom stereocenters. The van der Waals surface area contributed by atoms with Crippen LogP contribution in [0.25, 0.3) is 0 Å². The number of esters is 1. The van der Waals surface area contributed by atoms with Crippen LogP contribution in [-0.2, 0) is 9.53 Å². The number of aliphatic hydroxyl groups is 1. The van der Waals surface area contributed by atoms with Crippen LogP contribution in [0.5, 0.6) is 5.88 Å². The van der Waals surface area contributed by atoms with E-state index in [-0.39, 0.29) is 11.7 Å². The number of carbonyl (C=O) groups excluding carboxylic acids is 1. The van der Waals surface area contributed by atoms with E-state index in [0.717, 1.165) is 20.3 Å². The van der Waals surface area contributed by atoms with E-state index in [0.29, 0.717) is 7.18 Å². The molecule has 0 aliphatic carbocycles. The molecule has 1 aromatic heterocycles. The molecule has 0 aliphatic heterocycles. The zero-order valence-corrected chi connectivity index (χ0v) is 17.2. The Morgan fingerprint density at radius 1 is 1.13 bits per heavy atom. The van der Waals surface area contributed by atoms with Crippen molar-refractivity contribution in [3.05, 3.63) is 11.8 Å². The number of hydrogen-bond acceptors (Lipinski definition) is 7. The van der Waals surface area contributed by atoms with E-state index in [4.69, 9.17) is 9.63 Å². The molecule has 1 heterocycles. The Balaban J connectivity index is 0. The first-order valence-corrected chi connectivity index (χ1v) is 8.54. The van der Waals surface area contributed by atoms with E-state index < -0.39 is 53.6 Å². The predicted octanol–water partition coefficient (Wildman–Crippen LogP) is 4.64. The highest BCUT2D eigenvalue weighted by atomic mass is 32.2. The highest BCUT2D eigenvalue weighted by Crippen LogP contribution is 2.46. The van der Waals surface area contributed by atoms with Crippen molar-refractivity contribution in [3.63, 3.8) is 0 Å². The number of carbonyl (C=O) groups is 1. The van der Waals surface area contributed by atoms with Gasteiger partial charge in [0.2, 0.25) is 0 Å². The van der Waals surface area contributed by atoms with Crippen LogP contribution in [0, 0.1) is 5.92 Å². The third kappa shape index (κ3) is 7.49. The van der Waals surface area contributed by atoms with Gasteiger partial charge in [-0.2, -0.15) is 17.6 Å². The van der Waals surface area contributed by atoms with E-state index in [1.54, 1.807) is 13.8 Å². The van der Waals surface area contributed by atoms with Gasteiger partial charge in [-0.25, -0.2) is 13.2 Å². The highest BCUT2D eigenvalue weighted by molar-refractivity contribution is 7.95. The molecule has 1 aromatic rings. The normalized spacial score (nSPS) is 13.6. The molecule has 0 spiro atoms. The fourth-order valence-corrected chi connectivity index (χ4v) is 2.29. The van der Waals surface area contributed by atoms with Gasteiger partial charge in [0.15, 0.2) is 5.76 Å². The number of rotatable bonds is 9. The SMILES string of the molecule is CF.CO.COC(=O)C(c1cc(OSC(F)C(F)(F)C(F)(F)C(F)F)no1)C(C)C. The van der Waals surface area contributed by atoms with Gasteiger partial charge in [0.1, 0.15) is 18.0 Å². The lowest BCUT2D eigenvalue weighted by atomic mass is 9.93. The maximum absolute atomic E-state index is 13.3. The summed E-state index contributed by atoms with van der Waals surface area (Å²) in [6, 6.07) is 0.935. The first-order valence-electron chi connectivity index (χ1n) is 7.74. The van der Waals surface area contributed by atoms with E-state index in [1.807, 2.05) is 0 Å². The van der Waals surface area contributed by atoms with Crippen molar-refractivity contribution in [1.29, 1.82) is 0 Å². The molecule has 178 valence electrons. The Bertz CT molecular complexity index is 618. The van der Waals surface area contributed by atoms with E-state index in [1.165, 1.54) is 0 Å². The number of methoxy groups -OCH3 is 1. The van der Waals surface area contributed by atoms with Crippen LogP contribution >= 0.6 is 12.0 Å². The standard InChI is InChI=1S/C13H14F7NO4S.CH3F.CH4O/c1-5(2)8(9(22)23-3)6-4-7(21-24-6)25-26-11(16)13(19,20)12(17,18)10(14)15;2*1-2/h4-5,8,10-11H,1-3H3;1H3;2H,1H3. The maximum Gasteiger partial charge on any atom is 0.373 e. The molecule has 2 unspecified atom stereocenters. The van der Waals surface area contributed by atoms with E-state index in [9.17, 15) is 39.9 Å². The van der Waals surface area contributed by atoms with Gasteiger partial charge in [-0.15, -0.1) is 0 Å². The molecule has 0 fully saturated rings. The maximum atomic E-state index is 13.3. The van der Waals surface area contributed by atoms with E-state index >= 15 is 0 Å². The van der Waals surface area contributed by atoms with Crippen LogP contribution in [0.15, 0.2) is 10.6 Å². The van der Waals surface area contributed by atoms with Crippen LogP contribution in [0.2, 0.25) is 0 Å². The number of nitrogens with zero attached hydrogens (tertiary/aromatic N) is 1. The second kappa shape index (κ2) is 13.5. The van der Waals surface area contributed by atoms with Crippen molar-refractivity contribution < 1.29 is 58.5 Å². The molecule has 0 bridgehead atoms. The number of aliphatic hydroxyl groups excluding tert-OH is 1. The molecule has 0 saturated carbocycles. The number of ether oxygens (including phenoxy) is 1. The third-order valence-corrected chi connectivity index (χ3v) is 3.89. The van der Waals surface area contributed by atoms with Crippen molar-refractivity contribution in [2.75, 3.05) is 21.4 Å². The lowest BCUT2D eigenvalue weighted by Crippen LogP contribution is -2.51. The molecular weight excluding hydrogens is 458 g/mol. The quantitative estimate of drug-likeness (QED) is 0.314. The first kappa shape index (κ1) is 30.4. The minimum atomic E-state index is -5.90. The van der Waals surface area contributed by atoms with Crippen molar-refractivity contribution in [1.82, 2.24) is 5.16 Å². The van der Waals surface area contributed by atoms with Gasteiger partial charge < -0.3 is 18.5 Å². The van der Waals surface area contributed by atoms with Crippen LogP contribution < -0.4 is 4.18 Å². The van der Waals surface area contributed by atoms with Gasteiger partial charge in [-0.1, -0.05) is 13.8 Å². The van der Waals surface area contributed by atoms with Crippen molar-refractivity contribution in [2.45, 2.75) is 43.5 Å². The smallest absolute Gasteiger partial charge is 0.373 e. The molecule has 0 aliphatic rings. The Hall–Kier alpha value is -1.77. The van der Waals surface area contributed by atoms with Gasteiger partial charge in [0.05, 0.1) is 14.3 Å². The molecule has 0 amide bonds. The Kier molecular flexibility index (Phi) is 13.7. The van der Waals surface area contributed by atoms with E-state index in [2.05, 4.69) is 14.1 Å². The van der Waals surface area contributed by atoms with Crippen molar-refractivity contribution in [3.8, 4) is 5.88 Å². The lowest BCUT2D eigenvalue weighted by molar-refractivity contribution is -0.273. The third-order valence-electron chi connectivity index (χ3n) is 3.16. The van der Waals surface area contributed by atoms with Gasteiger partial charge >= 0.3 is 24.2 Å². The Labute approximate surface area is 171 Å². The average Bonchev–Trinajstić information content (AvgIpc) is 3.16. The molecule has 6 nitrogen and oxygen atoms in total. The monoisotopic (exact) mass is 479 g/mol. The number of aromatic nitrogens is 1. The predicted molar refractivity (Wildman–Crippen MR) is 90.3 cm³/mol. The Morgan fingerprint density at radius 3 is 2.03 bits per heavy atom. The summed E-state index contributed by atoms with van der Waals surface area (Å²) >= 11 is -0.840. The molecule has 0 saturated heterocycles. The molecule has 0 aromatic carbocycles. The van der Waals surface area contributed by atoms with Gasteiger partial charge in [0, 0.05) is 13.2 Å². The molecule has 15 heteroatoms. The molecule has 1 rings (SSSR count). The Morgan fingerprint density at radius 2 is 1.63 bits per heavy atom. The summed E-state index contributed by atoms with van der Waals surface area (Å²) in [5.74, 6) is -14.3. The van der Waals surface area contributed by atoms with Crippen LogP contribution in [0.1, 0.15) is 25.5 Å². The van der Waals surface area contributed by atoms with Crippen molar-refractivity contribution >= 4 is 18.0 Å². The van der Waals surface area contributed by atoms with Crippen LogP contribution in [0.4, 0.5) is 35.1 Å². The largest absolute Gasteiger partial charge is 0.468 e. The molecule has 30 heavy (non-hydrogen) atoms. The van der Waals surface area contributed by atoms with Crippen LogP contribution in [0.3, 0.4) is 0 Å². The summed E-state index contributed by atoms with van der Waals surface area (Å²) in [6.45, 7) is 3.26. The highest BCUT2D eigenvalue weighted by Gasteiger charge is 2.68. The molecule has 0 radical (unpaired) electrons. The second-order valence-electron chi connectivity index (χ2n) is 5.35. The van der Waals surface area contributed by atoms with Gasteiger partial charge in [-0.3, -0.25) is 9.18 Å². The topological polar surface area (TPSA) is 81.8 Å². The summed E-state index contributed by atoms with van der Waals surface area (Å²) in [6.07, 6.45) is -4.78. The lowest BCUT2D eigenvalue weighted by Gasteiger charge is -2.27. The summed E-state index contributed by atoms with van der Waals surface area (Å²) < 4.78 is 112. The van der Waals surface area contributed by atoms with Crippen LogP contribution in [-0.4, -0.2) is 61.4 Å². The zero-order chi connectivity index (χ0) is 24.3. The summed E-state index contributed by atoms with van der Waals surface area (Å²) in [5.41, 5.74) is -3.83. The minimum absolute atomic E-state index is 0.109. The minimum Gasteiger partial charge on any atom is -0.468 e. The molecular formula is C15H21F8NO5S. The number of halogens is 8. The number of hydrogen-bond donors (Lipinski definition) is 1. The second-order valence-corrected chi connectivity index (χ2v) is 6.13. The van der Waals surface area contributed by atoms with Crippen molar-refractivity contribution in [2.24, 2.45) is 5.92 Å². The average molecular weight is 479 g/mol. The van der Waals surface area contributed by atoms with Gasteiger partial charge in [-0.05, 0) is 11.1 Å². The summed E-state index contributed by atoms with van der Waals surface area (Å²) in [5, 5.41) is 10.2. The fraction of sp³-hybridized carbons (Fsp3) is 0.733. The fourth-order valence-electron chi connectivity index (χ4n) is 1.75. The zero-order valence-electron chi connectivity index (χ0n) is 16.3. The summed E-state index contributed by atoms with van der Waals surface area (Å²) in [4.78, 5) is 11.7.